The number of ether oxygens (including phenoxy) is 2. The minimum atomic E-state index is -0.377. The van der Waals surface area contributed by atoms with Crippen molar-refractivity contribution in [2.24, 2.45) is 5.10 Å². The number of phenolic OH excluding ortho intramolecular Hbond substituents is 1. The lowest BCUT2D eigenvalue weighted by Crippen LogP contribution is -2.24. The number of hydrazone groups is 1. The van der Waals surface area contributed by atoms with E-state index in [0.29, 0.717) is 17.1 Å². The Balaban J connectivity index is 1.81. The maximum atomic E-state index is 11.6. The normalized spacial score (nSPS) is 10.4. The highest BCUT2D eigenvalue weighted by Crippen LogP contribution is 2.25. The van der Waals surface area contributed by atoms with Gasteiger partial charge >= 0.3 is 0 Å². The zero-order valence-electron chi connectivity index (χ0n) is 12.0. The number of hydrogen-bond acceptors (Lipinski definition) is 5. The highest BCUT2D eigenvalue weighted by molar-refractivity contribution is 5.83. The molecule has 0 saturated heterocycles. The van der Waals surface area contributed by atoms with E-state index in [1.807, 2.05) is 18.2 Å². The van der Waals surface area contributed by atoms with Crippen molar-refractivity contribution in [3.05, 3.63) is 54.1 Å². The van der Waals surface area contributed by atoms with Gasteiger partial charge in [-0.15, -0.1) is 0 Å². The van der Waals surface area contributed by atoms with Crippen LogP contribution in [-0.2, 0) is 4.79 Å². The number of hydrogen-bond donors (Lipinski definition) is 2. The molecule has 0 saturated carbocycles. The first-order valence-electron chi connectivity index (χ1n) is 6.56. The second kappa shape index (κ2) is 7.68. The van der Waals surface area contributed by atoms with Gasteiger partial charge < -0.3 is 14.6 Å². The van der Waals surface area contributed by atoms with Crippen LogP contribution in [0.2, 0.25) is 0 Å². The van der Waals surface area contributed by atoms with Crippen molar-refractivity contribution in [1.82, 2.24) is 5.43 Å². The third-order valence-corrected chi connectivity index (χ3v) is 2.72. The zero-order chi connectivity index (χ0) is 15.8. The van der Waals surface area contributed by atoms with Gasteiger partial charge in [-0.05, 0) is 35.9 Å². The molecule has 0 atom stereocenters. The average Bonchev–Trinajstić information content (AvgIpc) is 2.54. The molecule has 0 aliphatic carbocycles. The van der Waals surface area contributed by atoms with Crippen LogP contribution in [0.15, 0.2) is 53.6 Å². The van der Waals surface area contributed by atoms with Crippen molar-refractivity contribution < 1.29 is 19.4 Å². The predicted octanol–water partition coefficient (Wildman–Crippen LogP) is 1.93. The number of para-hydroxylation sites is 1. The predicted molar refractivity (Wildman–Crippen MR) is 82.3 cm³/mol. The lowest BCUT2D eigenvalue weighted by atomic mass is 10.2. The summed E-state index contributed by atoms with van der Waals surface area (Å²) in [5, 5.41) is 13.4. The molecule has 0 fully saturated rings. The minimum absolute atomic E-state index is 0.00480. The summed E-state index contributed by atoms with van der Waals surface area (Å²) in [5.74, 6) is 0.613. The van der Waals surface area contributed by atoms with Crippen LogP contribution >= 0.6 is 0 Å². The molecule has 2 N–H and O–H groups in total. The third-order valence-electron chi connectivity index (χ3n) is 2.72. The molecule has 0 aliphatic rings. The molecule has 0 bridgehead atoms. The minimum Gasteiger partial charge on any atom is -0.504 e. The molecule has 0 spiro atoms. The maximum absolute atomic E-state index is 11.6. The largest absolute Gasteiger partial charge is 0.504 e. The molecule has 1 amide bonds. The van der Waals surface area contributed by atoms with Crippen molar-refractivity contribution in [2.45, 2.75) is 0 Å². The van der Waals surface area contributed by atoms with Gasteiger partial charge in [0.25, 0.3) is 5.91 Å². The number of methoxy groups -OCH3 is 1. The summed E-state index contributed by atoms with van der Waals surface area (Å²) >= 11 is 0. The average molecular weight is 300 g/mol. The second-order valence-electron chi connectivity index (χ2n) is 4.33. The smallest absolute Gasteiger partial charge is 0.277 e. The van der Waals surface area contributed by atoms with Gasteiger partial charge in [0.1, 0.15) is 5.75 Å². The highest BCUT2D eigenvalue weighted by atomic mass is 16.5. The van der Waals surface area contributed by atoms with E-state index in [1.54, 1.807) is 24.3 Å². The molecule has 0 unspecified atom stereocenters. The molecule has 114 valence electrons. The molecule has 6 nitrogen and oxygen atoms in total. The number of aromatic hydroxyl groups is 1. The molecule has 0 aromatic heterocycles. The fourth-order valence-electron chi connectivity index (χ4n) is 1.66. The van der Waals surface area contributed by atoms with E-state index in [0.717, 1.165) is 0 Å². The van der Waals surface area contributed by atoms with E-state index in [9.17, 15) is 9.90 Å². The van der Waals surface area contributed by atoms with Gasteiger partial charge in [0.15, 0.2) is 18.1 Å². The summed E-state index contributed by atoms with van der Waals surface area (Å²) in [6.45, 7) is -0.130. The number of amides is 1. The Bertz CT molecular complexity index is 656. The topological polar surface area (TPSA) is 80.2 Å². The van der Waals surface area contributed by atoms with Crippen LogP contribution in [0, 0.1) is 0 Å². The number of carbonyl (C=O) groups is 1. The highest BCUT2D eigenvalue weighted by Gasteiger charge is 2.02. The van der Waals surface area contributed by atoms with Crippen LogP contribution < -0.4 is 14.9 Å². The van der Waals surface area contributed by atoms with E-state index in [4.69, 9.17) is 9.47 Å². The fourth-order valence-corrected chi connectivity index (χ4v) is 1.66. The Morgan fingerprint density at radius 1 is 1.27 bits per heavy atom. The molecule has 2 rings (SSSR count). The lowest BCUT2D eigenvalue weighted by Gasteiger charge is -2.04. The van der Waals surface area contributed by atoms with Crippen LogP contribution in [-0.4, -0.2) is 30.9 Å². The second-order valence-corrected chi connectivity index (χ2v) is 4.33. The molecule has 0 aliphatic heterocycles. The van der Waals surface area contributed by atoms with Gasteiger partial charge in [-0.2, -0.15) is 5.10 Å². The van der Waals surface area contributed by atoms with Crippen LogP contribution in [0.5, 0.6) is 17.2 Å². The SMILES string of the molecule is COc1ccc(/C=N/NC(=O)COc2ccccc2)cc1O. The molecule has 0 radical (unpaired) electrons. The van der Waals surface area contributed by atoms with Crippen LogP contribution in [0.3, 0.4) is 0 Å². The Morgan fingerprint density at radius 3 is 2.73 bits per heavy atom. The molecular formula is C16H16N2O4. The summed E-state index contributed by atoms with van der Waals surface area (Å²) in [4.78, 5) is 11.6. The van der Waals surface area contributed by atoms with E-state index < -0.39 is 0 Å². The van der Waals surface area contributed by atoms with Crippen molar-refractivity contribution in [2.75, 3.05) is 13.7 Å². The fraction of sp³-hybridized carbons (Fsp3) is 0.125. The monoisotopic (exact) mass is 300 g/mol. The van der Waals surface area contributed by atoms with Gasteiger partial charge in [0.05, 0.1) is 13.3 Å². The summed E-state index contributed by atoms with van der Waals surface area (Å²) in [6, 6.07) is 13.8. The van der Waals surface area contributed by atoms with Crippen molar-refractivity contribution in [3.8, 4) is 17.2 Å². The van der Waals surface area contributed by atoms with Crippen molar-refractivity contribution >= 4 is 12.1 Å². The Hall–Kier alpha value is -3.02. The number of benzene rings is 2. The summed E-state index contributed by atoms with van der Waals surface area (Å²) < 4.78 is 10.2. The molecule has 22 heavy (non-hydrogen) atoms. The van der Waals surface area contributed by atoms with E-state index in [-0.39, 0.29) is 18.3 Å². The number of nitrogens with zero attached hydrogens (tertiary/aromatic N) is 1. The summed E-state index contributed by atoms with van der Waals surface area (Å²) in [7, 11) is 1.47. The number of carbonyl (C=O) groups excluding carboxylic acids is 1. The first-order valence-corrected chi connectivity index (χ1v) is 6.56. The van der Waals surface area contributed by atoms with Crippen LogP contribution in [0.25, 0.3) is 0 Å². The molecule has 6 heteroatoms. The van der Waals surface area contributed by atoms with Crippen molar-refractivity contribution in [1.29, 1.82) is 0 Å². The van der Waals surface area contributed by atoms with Gasteiger partial charge in [-0.3, -0.25) is 4.79 Å². The van der Waals surface area contributed by atoms with Gasteiger partial charge in [-0.1, -0.05) is 18.2 Å². The summed E-state index contributed by atoms with van der Waals surface area (Å²) in [5.41, 5.74) is 2.97. The standard InChI is InChI=1S/C16H16N2O4/c1-21-15-8-7-12(9-14(15)19)10-17-18-16(20)11-22-13-5-3-2-4-6-13/h2-10,19H,11H2,1H3,(H,18,20)/b17-10+. The van der Waals surface area contributed by atoms with Crippen LogP contribution in [0.4, 0.5) is 0 Å². The van der Waals surface area contributed by atoms with E-state index in [2.05, 4.69) is 10.5 Å². The Labute approximate surface area is 128 Å². The quantitative estimate of drug-likeness (QED) is 0.631. The Kier molecular flexibility index (Phi) is 5.37. The number of nitrogens with one attached hydrogen (secondary N) is 1. The molecular weight excluding hydrogens is 284 g/mol. The van der Waals surface area contributed by atoms with E-state index in [1.165, 1.54) is 19.4 Å². The van der Waals surface area contributed by atoms with Gasteiger partial charge in [-0.25, -0.2) is 5.43 Å². The van der Waals surface area contributed by atoms with Gasteiger partial charge in [0.2, 0.25) is 0 Å². The number of phenols is 1. The third kappa shape index (κ3) is 4.52. The van der Waals surface area contributed by atoms with Crippen molar-refractivity contribution in [3.63, 3.8) is 0 Å². The van der Waals surface area contributed by atoms with Crippen LogP contribution in [0.1, 0.15) is 5.56 Å². The molecule has 2 aromatic rings. The Morgan fingerprint density at radius 2 is 2.05 bits per heavy atom. The first-order chi connectivity index (χ1) is 10.7. The van der Waals surface area contributed by atoms with Gasteiger partial charge in [0, 0.05) is 0 Å². The zero-order valence-corrected chi connectivity index (χ0v) is 12.0. The first kappa shape index (κ1) is 15.4. The number of rotatable bonds is 6. The molecule has 2 aromatic carbocycles. The lowest BCUT2D eigenvalue weighted by molar-refractivity contribution is -0.123. The summed E-state index contributed by atoms with van der Waals surface area (Å²) in [6.07, 6.45) is 1.42. The van der Waals surface area contributed by atoms with E-state index >= 15 is 0 Å². The maximum Gasteiger partial charge on any atom is 0.277 e. The molecule has 0 heterocycles.